The van der Waals surface area contributed by atoms with Crippen LogP contribution in [-0.2, 0) is 13.1 Å². The normalized spacial score (nSPS) is 14.5. The SMILES string of the molecule is COc1ccccc1CN(CCO)Cc1nnc(C2CC2)o1. The van der Waals surface area contributed by atoms with Gasteiger partial charge in [0.15, 0.2) is 0 Å². The number of methoxy groups -OCH3 is 1. The summed E-state index contributed by atoms with van der Waals surface area (Å²) in [7, 11) is 1.66. The molecule has 1 heterocycles. The number of hydrogen-bond donors (Lipinski definition) is 1. The van der Waals surface area contributed by atoms with Crippen molar-refractivity contribution in [3.63, 3.8) is 0 Å². The molecule has 1 aliphatic carbocycles. The zero-order valence-corrected chi connectivity index (χ0v) is 12.7. The summed E-state index contributed by atoms with van der Waals surface area (Å²) < 4.78 is 11.1. The number of nitrogens with zero attached hydrogens (tertiary/aromatic N) is 3. The van der Waals surface area contributed by atoms with E-state index in [4.69, 9.17) is 9.15 Å². The summed E-state index contributed by atoms with van der Waals surface area (Å²) in [5.74, 6) is 2.65. The molecule has 1 aromatic heterocycles. The van der Waals surface area contributed by atoms with Gasteiger partial charge in [-0.2, -0.15) is 0 Å². The molecule has 0 atom stereocenters. The van der Waals surface area contributed by atoms with Crippen LogP contribution >= 0.6 is 0 Å². The molecular weight excluding hydrogens is 282 g/mol. The van der Waals surface area contributed by atoms with E-state index >= 15 is 0 Å². The summed E-state index contributed by atoms with van der Waals surface area (Å²) >= 11 is 0. The molecule has 0 spiro atoms. The molecule has 6 nitrogen and oxygen atoms in total. The molecule has 1 aromatic carbocycles. The molecule has 0 radical (unpaired) electrons. The van der Waals surface area contributed by atoms with Gasteiger partial charge < -0.3 is 14.3 Å². The minimum atomic E-state index is 0.0821. The lowest BCUT2D eigenvalue weighted by molar-refractivity contribution is 0.170. The molecule has 118 valence electrons. The van der Waals surface area contributed by atoms with Crippen molar-refractivity contribution in [2.45, 2.75) is 31.8 Å². The zero-order valence-electron chi connectivity index (χ0n) is 12.7. The first-order valence-corrected chi connectivity index (χ1v) is 7.57. The Hall–Kier alpha value is -1.92. The second-order valence-electron chi connectivity index (χ2n) is 5.55. The fourth-order valence-electron chi connectivity index (χ4n) is 2.45. The lowest BCUT2D eigenvalue weighted by Gasteiger charge is -2.20. The van der Waals surface area contributed by atoms with E-state index in [0.29, 0.717) is 31.4 Å². The lowest BCUT2D eigenvalue weighted by Crippen LogP contribution is -2.26. The number of aromatic nitrogens is 2. The Labute approximate surface area is 129 Å². The van der Waals surface area contributed by atoms with Crippen molar-refractivity contribution in [3.8, 4) is 5.75 Å². The predicted octanol–water partition coefficient (Wildman–Crippen LogP) is 1.95. The average Bonchev–Trinajstić information content (AvgIpc) is 3.28. The Morgan fingerprint density at radius 2 is 2.09 bits per heavy atom. The van der Waals surface area contributed by atoms with Crippen molar-refractivity contribution in [2.75, 3.05) is 20.3 Å². The quantitative estimate of drug-likeness (QED) is 0.803. The first-order chi connectivity index (χ1) is 10.8. The standard InChI is InChI=1S/C16H21N3O3/c1-21-14-5-3-2-4-13(14)10-19(8-9-20)11-15-17-18-16(22-15)12-6-7-12/h2-5,12,20H,6-11H2,1H3. The summed E-state index contributed by atoms with van der Waals surface area (Å²) in [5.41, 5.74) is 1.07. The first-order valence-electron chi connectivity index (χ1n) is 7.57. The average molecular weight is 303 g/mol. The van der Waals surface area contributed by atoms with Crippen LogP contribution in [0.25, 0.3) is 0 Å². The highest BCUT2D eigenvalue weighted by Gasteiger charge is 2.29. The van der Waals surface area contributed by atoms with Gasteiger partial charge >= 0.3 is 0 Å². The van der Waals surface area contributed by atoms with Crippen LogP contribution in [0.15, 0.2) is 28.7 Å². The monoisotopic (exact) mass is 303 g/mol. The van der Waals surface area contributed by atoms with E-state index in [0.717, 1.165) is 30.0 Å². The lowest BCUT2D eigenvalue weighted by atomic mass is 10.2. The topological polar surface area (TPSA) is 71.6 Å². The van der Waals surface area contributed by atoms with Gasteiger partial charge in [0.25, 0.3) is 0 Å². The number of rotatable bonds is 8. The molecule has 6 heteroatoms. The van der Waals surface area contributed by atoms with Crippen LogP contribution in [0.2, 0.25) is 0 Å². The van der Waals surface area contributed by atoms with Crippen molar-refractivity contribution >= 4 is 0 Å². The van der Waals surface area contributed by atoms with E-state index in [1.165, 1.54) is 0 Å². The van der Waals surface area contributed by atoms with Gasteiger partial charge in [0, 0.05) is 24.6 Å². The molecule has 0 unspecified atom stereocenters. The van der Waals surface area contributed by atoms with Crippen molar-refractivity contribution in [1.29, 1.82) is 0 Å². The number of aliphatic hydroxyl groups is 1. The van der Waals surface area contributed by atoms with Crippen LogP contribution in [0.4, 0.5) is 0 Å². The van der Waals surface area contributed by atoms with Crippen LogP contribution in [0.3, 0.4) is 0 Å². The number of para-hydroxylation sites is 1. The van der Waals surface area contributed by atoms with E-state index in [1.807, 2.05) is 24.3 Å². The molecule has 0 saturated heterocycles. The molecule has 1 saturated carbocycles. The van der Waals surface area contributed by atoms with E-state index in [2.05, 4.69) is 15.1 Å². The van der Waals surface area contributed by atoms with Gasteiger partial charge in [-0.05, 0) is 18.9 Å². The Morgan fingerprint density at radius 3 is 2.82 bits per heavy atom. The van der Waals surface area contributed by atoms with Crippen LogP contribution < -0.4 is 4.74 Å². The Bertz CT molecular complexity index is 610. The second-order valence-corrected chi connectivity index (χ2v) is 5.55. The smallest absolute Gasteiger partial charge is 0.230 e. The predicted molar refractivity (Wildman–Crippen MR) is 80.5 cm³/mol. The van der Waals surface area contributed by atoms with E-state index in [-0.39, 0.29) is 6.61 Å². The van der Waals surface area contributed by atoms with E-state index < -0.39 is 0 Å². The molecule has 0 aliphatic heterocycles. The maximum Gasteiger partial charge on any atom is 0.230 e. The van der Waals surface area contributed by atoms with Crippen molar-refractivity contribution in [3.05, 3.63) is 41.6 Å². The van der Waals surface area contributed by atoms with Gasteiger partial charge in [-0.3, -0.25) is 4.90 Å². The van der Waals surface area contributed by atoms with Crippen LogP contribution in [0.1, 0.15) is 36.1 Å². The third-order valence-corrected chi connectivity index (χ3v) is 3.77. The van der Waals surface area contributed by atoms with Gasteiger partial charge in [-0.25, -0.2) is 0 Å². The molecule has 22 heavy (non-hydrogen) atoms. The summed E-state index contributed by atoms with van der Waals surface area (Å²) in [6.07, 6.45) is 2.28. The molecule has 0 bridgehead atoms. The molecule has 3 rings (SSSR count). The molecular formula is C16H21N3O3. The summed E-state index contributed by atoms with van der Waals surface area (Å²) in [5, 5.41) is 17.5. The van der Waals surface area contributed by atoms with Gasteiger partial charge in [0.2, 0.25) is 11.8 Å². The molecule has 1 fully saturated rings. The van der Waals surface area contributed by atoms with Crippen molar-refractivity contribution in [1.82, 2.24) is 15.1 Å². The summed E-state index contributed by atoms with van der Waals surface area (Å²) in [6, 6.07) is 7.88. The highest BCUT2D eigenvalue weighted by Crippen LogP contribution is 2.39. The van der Waals surface area contributed by atoms with Gasteiger partial charge in [0.1, 0.15) is 5.75 Å². The van der Waals surface area contributed by atoms with Gasteiger partial charge in [-0.15, -0.1) is 10.2 Å². The Morgan fingerprint density at radius 1 is 1.27 bits per heavy atom. The van der Waals surface area contributed by atoms with Crippen LogP contribution in [0.5, 0.6) is 5.75 Å². The van der Waals surface area contributed by atoms with Crippen molar-refractivity contribution in [2.24, 2.45) is 0 Å². The Balaban J connectivity index is 1.68. The van der Waals surface area contributed by atoms with Crippen LogP contribution in [-0.4, -0.2) is 40.5 Å². The highest BCUT2D eigenvalue weighted by molar-refractivity contribution is 5.33. The van der Waals surface area contributed by atoms with E-state index in [1.54, 1.807) is 7.11 Å². The maximum atomic E-state index is 9.28. The number of benzene rings is 1. The second kappa shape index (κ2) is 6.89. The van der Waals surface area contributed by atoms with Crippen LogP contribution in [0, 0.1) is 0 Å². The molecule has 2 aromatic rings. The zero-order chi connectivity index (χ0) is 15.4. The third-order valence-electron chi connectivity index (χ3n) is 3.77. The van der Waals surface area contributed by atoms with Gasteiger partial charge in [0.05, 0.1) is 20.3 Å². The Kier molecular flexibility index (Phi) is 4.70. The summed E-state index contributed by atoms with van der Waals surface area (Å²) in [6.45, 7) is 1.81. The fourth-order valence-corrected chi connectivity index (χ4v) is 2.45. The summed E-state index contributed by atoms with van der Waals surface area (Å²) in [4.78, 5) is 2.07. The van der Waals surface area contributed by atoms with Crippen molar-refractivity contribution < 1.29 is 14.3 Å². The molecule has 1 aliphatic rings. The fraction of sp³-hybridized carbons (Fsp3) is 0.500. The third kappa shape index (κ3) is 3.64. The number of ether oxygens (including phenoxy) is 1. The largest absolute Gasteiger partial charge is 0.496 e. The number of hydrogen-bond acceptors (Lipinski definition) is 6. The molecule has 0 amide bonds. The maximum absolute atomic E-state index is 9.28. The minimum Gasteiger partial charge on any atom is -0.496 e. The first kappa shape index (κ1) is 15.0. The van der Waals surface area contributed by atoms with Gasteiger partial charge in [-0.1, -0.05) is 18.2 Å². The highest BCUT2D eigenvalue weighted by atomic mass is 16.5. The molecule has 1 N–H and O–H groups in total. The number of aliphatic hydroxyl groups excluding tert-OH is 1. The minimum absolute atomic E-state index is 0.0821. The van der Waals surface area contributed by atoms with E-state index in [9.17, 15) is 5.11 Å².